The van der Waals surface area contributed by atoms with Gasteiger partial charge in [0.1, 0.15) is 5.69 Å². The van der Waals surface area contributed by atoms with Crippen molar-refractivity contribution in [3.63, 3.8) is 0 Å². The minimum atomic E-state index is -4.51. The van der Waals surface area contributed by atoms with Gasteiger partial charge in [0.2, 0.25) is 0 Å². The summed E-state index contributed by atoms with van der Waals surface area (Å²) in [5, 5.41) is 10.9. The van der Waals surface area contributed by atoms with Crippen molar-refractivity contribution in [3.8, 4) is 0 Å². The van der Waals surface area contributed by atoms with Crippen molar-refractivity contribution in [2.24, 2.45) is 0 Å². The molecule has 1 rings (SSSR count). The largest absolute Gasteiger partial charge is 0.616 e. The normalized spacial score (nSPS) is 14.2. The Balaban J connectivity index is 2.64. The molecule has 0 spiro atoms. The molecule has 0 aliphatic carbocycles. The Morgan fingerprint density at radius 3 is 2.15 bits per heavy atom. The first kappa shape index (κ1) is 10.4. The van der Waals surface area contributed by atoms with Crippen molar-refractivity contribution in [2.45, 2.75) is 5.51 Å². The summed E-state index contributed by atoms with van der Waals surface area (Å²) in [5.74, 6) is 0. The summed E-state index contributed by atoms with van der Waals surface area (Å²) in [6.07, 6.45) is 0. The second kappa shape index (κ2) is 3.99. The number of quaternary nitrogens is 1. The summed E-state index contributed by atoms with van der Waals surface area (Å²) < 4.78 is 34.2. The van der Waals surface area contributed by atoms with Crippen molar-refractivity contribution < 1.29 is 17.6 Å². The zero-order chi connectivity index (χ0) is 9.90. The van der Waals surface area contributed by atoms with Crippen molar-refractivity contribution in [3.05, 3.63) is 35.5 Å². The Morgan fingerprint density at radius 1 is 1.15 bits per heavy atom. The lowest BCUT2D eigenvalue weighted by Gasteiger charge is -2.19. The van der Waals surface area contributed by atoms with Gasteiger partial charge in [-0.2, -0.15) is 13.2 Å². The Morgan fingerprint density at radius 2 is 1.69 bits per heavy atom. The Hall–Kier alpha value is -0.720. The standard InChI is InChI=1S/C7H6F3NOS/c8-7(9,10)13-11(12)6-4-2-1-3-5-6/h1-5,11H. The number of benzene rings is 1. The van der Waals surface area contributed by atoms with Gasteiger partial charge in [-0.3, -0.25) is 4.47 Å². The molecule has 1 aromatic rings. The third-order valence-electron chi connectivity index (χ3n) is 1.22. The predicted octanol–water partition coefficient (Wildman–Crippen LogP) is 1.87. The molecule has 0 radical (unpaired) electrons. The fourth-order valence-electron chi connectivity index (χ4n) is 0.738. The van der Waals surface area contributed by atoms with E-state index in [1.165, 1.54) is 24.3 Å². The lowest BCUT2D eigenvalue weighted by molar-refractivity contribution is -0.614. The highest BCUT2D eigenvalue weighted by molar-refractivity contribution is 7.94. The fraction of sp³-hybridized carbons (Fsp3) is 0.143. The van der Waals surface area contributed by atoms with Gasteiger partial charge in [0, 0.05) is 12.1 Å². The summed E-state index contributed by atoms with van der Waals surface area (Å²) in [4.78, 5) is 0. The van der Waals surface area contributed by atoms with Crippen LogP contribution in [0.4, 0.5) is 18.9 Å². The Labute approximate surface area is 77.1 Å². The molecule has 0 aromatic heterocycles. The summed E-state index contributed by atoms with van der Waals surface area (Å²) in [5.41, 5.74) is -4.45. The van der Waals surface area contributed by atoms with E-state index in [1.807, 2.05) is 0 Å². The quantitative estimate of drug-likeness (QED) is 0.594. The van der Waals surface area contributed by atoms with Crippen LogP contribution in [0, 0.1) is 5.21 Å². The van der Waals surface area contributed by atoms with Gasteiger partial charge in [-0.15, -0.1) is 0 Å². The second-order valence-electron chi connectivity index (χ2n) is 2.20. The number of nitrogens with one attached hydrogen (secondary N) is 1. The van der Waals surface area contributed by atoms with Crippen molar-refractivity contribution in [1.29, 1.82) is 0 Å². The van der Waals surface area contributed by atoms with Crippen LogP contribution in [-0.2, 0) is 0 Å². The highest BCUT2D eigenvalue weighted by Crippen LogP contribution is 2.25. The van der Waals surface area contributed by atoms with E-state index in [-0.39, 0.29) is 5.69 Å². The van der Waals surface area contributed by atoms with Crippen LogP contribution in [0.1, 0.15) is 0 Å². The zero-order valence-corrected chi connectivity index (χ0v) is 7.15. The number of hydrogen-bond acceptors (Lipinski definition) is 2. The molecular weight excluding hydrogens is 203 g/mol. The maximum atomic E-state index is 11.7. The van der Waals surface area contributed by atoms with Crippen LogP contribution in [-0.4, -0.2) is 5.51 Å². The van der Waals surface area contributed by atoms with E-state index in [4.69, 9.17) is 0 Å². The van der Waals surface area contributed by atoms with Gasteiger partial charge in [0.05, 0.1) is 0 Å². The molecule has 0 saturated heterocycles. The van der Waals surface area contributed by atoms with Gasteiger partial charge < -0.3 is 5.21 Å². The van der Waals surface area contributed by atoms with Crippen LogP contribution in [0.5, 0.6) is 0 Å². The molecule has 0 aliphatic heterocycles. The van der Waals surface area contributed by atoms with E-state index in [0.29, 0.717) is 0 Å². The highest BCUT2D eigenvalue weighted by Gasteiger charge is 2.35. The van der Waals surface area contributed by atoms with Crippen LogP contribution >= 0.6 is 11.9 Å². The van der Waals surface area contributed by atoms with E-state index in [0.717, 1.165) is 0 Å². The molecule has 0 bridgehead atoms. The van der Waals surface area contributed by atoms with Gasteiger partial charge in [0.15, 0.2) is 11.9 Å². The van der Waals surface area contributed by atoms with Crippen molar-refractivity contribution in [2.75, 3.05) is 0 Å². The molecule has 72 valence electrons. The topological polar surface area (TPSA) is 27.5 Å². The first-order valence-corrected chi connectivity index (χ1v) is 4.16. The Bertz CT molecular complexity index is 264. The molecule has 0 aliphatic rings. The molecule has 1 N–H and O–H groups in total. The molecule has 0 fully saturated rings. The highest BCUT2D eigenvalue weighted by atomic mass is 32.2. The second-order valence-corrected chi connectivity index (χ2v) is 3.24. The van der Waals surface area contributed by atoms with Crippen LogP contribution in [0.2, 0.25) is 0 Å². The third kappa shape index (κ3) is 3.67. The molecule has 0 amide bonds. The minimum Gasteiger partial charge on any atom is -0.616 e. The van der Waals surface area contributed by atoms with Gasteiger partial charge in [-0.25, -0.2) is 0 Å². The monoisotopic (exact) mass is 209 g/mol. The van der Waals surface area contributed by atoms with E-state index in [9.17, 15) is 18.4 Å². The smallest absolute Gasteiger partial charge is 0.497 e. The number of alkyl halides is 3. The van der Waals surface area contributed by atoms with E-state index < -0.39 is 21.9 Å². The average Bonchev–Trinajstić information content (AvgIpc) is 2.03. The molecule has 0 saturated carbocycles. The molecule has 1 unspecified atom stereocenters. The lowest BCUT2D eigenvalue weighted by Crippen LogP contribution is -2.95. The average molecular weight is 209 g/mol. The van der Waals surface area contributed by atoms with Gasteiger partial charge in [0.25, 0.3) is 0 Å². The molecule has 1 aromatic carbocycles. The van der Waals surface area contributed by atoms with Gasteiger partial charge in [-0.05, 0) is 0 Å². The zero-order valence-electron chi connectivity index (χ0n) is 6.34. The lowest BCUT2D eigenvalue weighted by atomic mass is 10.3. The first-order valence-electron chi connectivity index (χ1n) is 3.34. The summed E-state index contributed by atoms with van der Waals surface area (Å²) in [6.45, 7) is 0. The summed E-state index contributed by atoms with van der Waals surface area (Å²) in [6, 6.07) is 7.37. The van der Waals surface area contributed by atoms with E-state index in [2.05, 4.69) is 0 Å². The third-order valence-corrected chi connectivity index (χ3v) is 1.87. The Kier molecular flexibility index (Phi) is 3.18. The SMILES string of the molecule is [O-][NH+](SC(F)(F)F)c1ccccc1. The molecule has 13 heavy (non-hydrogen) atoms. The number of halogens is 3. The van der Waals surface area contributed by atoms with Crippen molar-refractivity contribution >= 4 is 17.6 Å². The maximum Gasteiger partial charge on any atom is 0.497 e. The molecule has 2 nitrogen and oxygen atoms in total. The van der Waals surface area contributed by atoms with Gasteiger partial charge >= 0.3 is 5.51 Å². The van der Waals surface area contributed by atoms with Crippen LogP contribution in [0.15, 0.2) is 30.3 Å². The summed E-state index contributed by atoms with van der Waals surface area (Å²) in [7, 11) is 0. The summed E-state index contributed by atoms with van der Waals surface area (Å²) >= 11 is -0.629. The molecule has 1 atom stereocenters. The van der Waals surface area contributed by atoms with Crippen LogP contribution in [0.3, 0.4) is 0 Å². The van der Waals surface area contributed by atoms with Crippen molar-refractivity contribution in [1.82, 2.24) is 0 Å². The van der Waals surface area contributed by atoms with E-state index in [1.54, 1.807) is 6.07 Å². The van der Waals surface area contributed by atoms with Crippen LogP contribution in [0.25, 0.3) is 0 Å². The number of rotatable bonds is 2. The molecule has 0 heterocycles. The molecular formula is C7H6F3NOS. The minimum absolute atomic E-state index is 0.0600. The van der Waals surface area contributed by atoms with Crippen LogP contribution < -0.4 is 4.47 Å². The fourth-order valence-corrected chi connectivity index (χ4v) is 1.20. The van der Waals surface area contributed by atoms with E-state index >= 15 is 0 Å². The first-order chi connectivity index (χ1) is 5.99. The maximum absolute atomic E-state index is 11.7. The molecule has 6 heteroatoms. The number of hydrogen-bond donors (Lipinski definition) is 1. The van der Waals surface area contributed by atoms with Gasteiger partial charge in [-0.1, -0.05) is 18.2 Å². The predicted molar refractivity (Wildman–Crippen MR) is 44.1 cm³/mol.